The van der Waals surface area contributed by atoms with E-state index in [4.69, 9.17) is 20.4 Å². The third kappa shape index (κ3) is 23.2. The van der Waals surface area contributed by atoms with Gasteiger partial charge in [-0.1, -0.05) is 0 Å². The molecule has 0 aliphatic rings. The van der Waals surface area contributed by atoms with E-state index in [0.29, 0.717) is 13.2 Å². The molecule has 0 aliphatic heterocycles. The lowest BCUT2D eigenvalue weighted by Crippen LogP contribution is -2.11. The zero-order chi connectivity index (χ0) is 12.8. The summed E-state index contributed by atoms with van der Waals surface area (Å²) in [4.78, 5) is 9.73. The maximum atomic E-state index is 9.73. The number of aliphatic carboxylic acids is 1. The molecule has 16 heavy (non-hydrogen) atoms. The Labute approximate surface area is 98.2 Å². The molecule has 8 heteroatoms. The predicted molar refractivity (Wildman–Crippen MR) is 58.7 cm³/mol. The third-order valence-electron chi connectivity index (χ3n) is 0.922. The Morgan fingerprint density at radius 2 is 1.50 bits per heavy atom. The first-order chi connectivity index (χ1) is 7.54. The van der Waals surface area contributed by atoms with Gasteiger partial charge < -0.3 is 29.9 Å². The first kappa shape index (κ1) is 17.6. The van der Waals surface area contributed by atoms with Crippen LogP contribution in [0.3, 0.4) is 0 Å². The summed E-state index contributed by atoms with van der Waals surface area (Å²) in [6.07, 6.45) is 0. The largest absolute Gasteiger partial charge is 0.500 e. The molecular formula is C8H16O7S. The first-order valence-electron chi connectivity index (χ1n) is 4.35. The van der Waals surface area contributed by atoms with E-state index >= 15 is 0 Å². The highest BCUT2D eigenvalue weighted by Crippen LogP contribution is 1.76. The molecule has 0 aromatic rings. The minimum atomic E-state index is -1.08. The number of carboxylic acids is 1. The SMILES string of the molecule is O=C(O)COCC(O)=S.OCCOCCO. The van der Waals surface area contributed by atoms with E-state index in [0.717, 1.165) is 0 Å². The van der Waals surface area contributed by atoms with Crippen molar-refractivity contribution in [3.8, 4) is 0 Å². The van der Waals surface area contributed by atoms with Crippen molar-refractivity contribution in [3.05, 3.63) is 0 Å². The monoisotopic (exact) mass is 256 g/mol. The Hall–Kier alpha value is -0.800. The zero-order valence-electron chi connectivity index (χ0n) is 8.66. The maximum absolute atomic E-state index is 9.73. The maximum Gasteiger partial charge on any atom is 0.329 e. The molecule has 0 saturated carbocycles. The Kier molecular flexibility index (Phi) is 15.6. The molecule has 0 aliphatic carbocycles. The highest BCUT2D eigenvalue weighted by molar-refractivity contribution is 7.80. The van der Waals surface area contributed by atoms with Gasteiger partial charge in [0.2, 0.25) is 0 Å². The normalized spacial score (nSPS) is 9.12. The van der Waals surface area contributed by atoms with E-state index in [1.165, 1.54) is 0 Å². The summed E-state index contributed by atoms with van der Waals surface area (Å²) in [7, 11) is 0. The molecule has 0 rings (SSSR count). The van der Waals surface area contributed by atoms with Crippen molar-refractivity contribution in [1.29, 1.82) is 0 Å². The fraction of sp³-hybridized carbons (Fsp3) is 0.750. The average Bonchev–Trinajstić information content (AvgIpc) is 2.18. The number of thiocarbonyl (C=S) groups is 1. The van der Waals surface area contributed by atoms with E-state index in [2.05, 4.69) is 21.7 Å². The molecule has 96 valence electrons. The van der Waals surface area contributed by atoms with E-state index in [-0.39, 0.29) is 24.9 Å². The van der Waals surface area contributed by atoms with Gasteiger partial charge in [0.15, 0.2) is 5.05 Å². The van der Waals surface area contributed by atoms with Crippen LogP contribution in [0.1, 0.15) is 0 Å². The van der Waals surface area contributed by atoms with Gasteiger partial charge in [-0.25, -0.2) is 4.79 Å². The van der Waals surface area contributed by atoms with Crippen molar-refractivity contribution in [3.63, 3.8) is 0 Å². The van der Waals surface area contributed by atoms with Crippen LogP contribution in [0.15, 0.2) is 0 Å². The number of hydrogen-bond acceptors (Lipinski definition) is 6. The third-order valence-corrected chi connectivity index (χ3v) is 1.04. The van der Waals surface area contributed by atoms with Crippen molar-refractivity contribution in [2.75, 3.05) is 39.6 Å². The van der Waals surface area contributed by atoms with Gasteiger partial charge in [0.25, 0.3) is 0 Å². The van der Waals surface area contributed by atoms with Crippen molar-refractivity contribution in [2.24, 2.45) is 0 Å². The number of carboxylic acid groups (broad SMARTS) is 1. The van der Waals surface area contributed by atoms with Gasteiger partial charge in [0.05, 0.1) is 26.4 Å². The van der Waals surface area contributed by atoms with Gasteiger partial charge in [-0.2, -0.15) is 0 Å². The summed E-state index contributed by atoms with van der Waals surface area (Å²) in [6.45, 7) is 0.0729. The smallest absolute Gasteiger partial charge is 0.329 e. The molecule has 0 aromatic carbocycles. The Bertz CT molecular complexity index is 167. The molecule has 7 nitrogen and oxygen atoms in total. The van der Waals surface area contributed by atoms with E-state index in [9.17, 15) is 4.79 Å². The second-order valence-corrected chi connectivity index (χ2v) is 2.81. The second-order valence-electron chi connectivity index (χ2n) is 2.34. The van der Waals surface area contributed by atoms with Crippen LogP contribution in [-0.2, 0) is 14.3 Å². The molecule has 0 radical (unpaired) electrons. The number of aliphatic hydroxyl groups excluding tert-OH is 3. The quantitative estimate of drug-likeness (QED) is 0.321. The molecule has 4 N–H and O–H groups in total. The number of aliphatic hydroxyl groups is 3. The van der Waals surface area contributed by atoms with Gasteiger partial charge >= 0.3 is 5.97 Å². The van der Waals surface area contributed by atoms with Gasteiger partial charge in [-0.3, -0.25) is 0 Å². The molecule has 0 fully saturated rings. The average molecular weight is 256 g/mol. The lowest BCUT2D eigenvalue weighted by molar-refractivity contribution is -0.141. The molecule has 0 atom stereocenters. The van der Waals surface area contributed by atoms with Crippen molar-refractivity contribution >= 4 is 23.2 Å². The molecule has 0 amide bonds. The van der Waals surface area contributed by atoms with Crippen LogP contribution < -0.4 is 0 Å². The van der Waals surface area contributed by atoms with Crippen LogP contribution in [-0.4, -0.2) is 71.1 Å². The molecule has 0 spiro atoms. The topological polar surface area (TPSA) is 116 Å². The minimum absolute atomic E-state index is 0.0278. The Balaban J connectivity index is 0. The number of carbonyl (C=O) groups is 1. The molecule has 0 unspecified atom stereocenters. The van der Waals surface area contributed by atoms with Crippen LogP contribution >= 0.6 is 12.2 Å². The summed E-state index contributed by atoms with van der Waals surface area (Å²) in [5.74, 6) is -1.08. The van der Waals surface area contributed by atoms with Crippen LogP contribution in [0.4, 0.5) is 0 Å². The lowest BCUT2D eigenvalue weighted by Gasteiger charge is -1.94. The van der Waals surface area contributed by atoms with Crippen LogP contribution in [0.25, 0.3) is 0 Å². The fourth-order valence-corrected chi connectivity index (χ4v) is 0.540. The van der Waals surface area contributed by atoms with Crippen LogP contribution in [0, 0.1) is 0 Å². The summed E-state index contributed by atoms with van der Waals surface area (Å²) >= 11 is 4.19. The van der Waals surface area contributed by atoms with Crippen molar-refractivity contribution < 1.29 is 34.7 Å². The van der Waals surface area contributed by atoms with Crippen molar-refractivity contribution in [2.45, 2.75) is 0 Å². The summed E-state index contributed by atoms with van der Waals surface area (Å²) in [6, 6.07) is 0. The van der Waals surface area contributed by atoms with Gasteiger partial charge in [-0.15, -0.1) is 0 Å². The highest BCUT2D eigenvalue weighted by Gasteiger charge is 1.96. The minimum Gasteiger partial charge on any atom is -0.500 e. The Morgan fingerprint density at radius 3 is 1.81 bits per heavy atom. The summed E-state index contributed by atoms with van der Waals surface area (Å²) in [5, 5.41) is 32.1. The van der Waals surface area contributed by atoms with Crippen molar-refractivity contribution in [1.82, 2.24) is 0 Å². The fourth-order valence-electron chi connectivity index (χ4n) is 0.457. The predicted octanol–water partition coefficient (Wildman–Crippen LogP) is -1.04. The van der Waals surface area contributed by atoms with E-state index < -0.39 is 12.6 Å². The van der Waals surface area contributed by atoms with Gasteiger partial charge in [0, 0.05) is 0 Å². The highest BCUT2D eigenvalue weighted by atomic mass is 32.1. The van der Waals surface area contributed by atoms with Crippen LogP contribution in [0.5, 0.6) is 0 Å². The first-order valence-corrected chi connectivity index (χ1v) is 4.76. The number of ether oxygens (including phenoxy) is 2. The lowest BCUT2D eigenvalue weighted by atomic mass is 10.7. The van der Waals surface area contributed by atoms with Gasteiger partial charge in [-0.05, 0) is 12.2 Å². The standard InChI is InChI=1S/C4H6O4S.C4H10O3/c5-3(6)1-8-2-4(7)9;5-1-3-7-4-2-6/h1-2H2,(H,5,6)(H,7,9);5-6H,1-4H2. The summed E-state index contributed by atoms with van der Waals surface area (Å²) in [5.41, 5.74) is 0. The number of hydrogen-bond donors (Lipinski definition) is 4. The molecule has 0 heterocycles. The molecule has 0 saturated heterocycles. The summed E-state index contributed by atoms with van der Waals surface area (Å²) < 4.78 is 9.00. The Morgan fingerprint density at radius 1 is 1.00 bits per heavy atom. The van der Waals surface area contributed by atoms with E-state index in [1.807, 2.05) is 0 Å². The molecule has 0 aromatic heterocycles. The number of rotatable bonds is 8. The molecular weight excluding hydrogens is 240 g/mol. The van der Waals surface area contributed by atoms with E-state index in [1.54, 1.807) is 0 Å². The van der Waals surface area contributed by atoms with Gasteiger partial charge in [0.1, 0.15) is 13.2 Å². The second kappa shape index (κ2) is 14.2. The van der Waals surface area contributed by atoms with Crippen LogP contribution in [0.2, 0.25) is 0 Å². The zero-order valence-corrected chi connectivity index (χ0v) is 9.48. The molecule has 0 bridgehead atoms.